The summed E-state index contributed by atoms with van der Waals surface area (Å²) in [5, 5.41) is 3.04. The second-order valence-electron chi connectivity index (χ2n) is 6.96. The fraction of sp³-hybridized carbons (Fsp3) is 0.381. The first-order valence-corrected chi connectivity index (χ1v) is 9.36. The van der Waals surface area contributed by atoms with Gasteiger partial charge in [-0.15, -0.1) is 0 Å². The number of benzene rings is 2. The maximum absolute atomic E-state index is 12.6. The Hall–Kier alpha value is -2.41. The van der Waals surface area contributed by atoms with E-state index in [1.807, 2.05) is 36.4 Å². The van der Waals surface area contributed by atoms with Crippen molar-refractivity contribution in [1.82, 2.24) is 16.2 Å². The number of carbonyl (C=O) groups is 1. The molecule has 3 N–H and O–H groups in total. The van der Waals surface area contributed by atoms with Crippen LogP contribution in [0.5, 0.6) is 5.75 Å². The zero-order chi connectivity index (χ0) is 18.6. The molecular formula is C21H25N3O3. The molecule has 2 aromatic carbocycles. The highest BCUT2D eigenvalue weighted by atomic mass is 16.5. The van der Waals surface area contributed by atoms with Crippen LogP contribution in [0, 0.1) is 0 Å². The van der Waals surface area contributed by atoms with E-state index in [0.717, 1.165) is 17.7 Å². The molecule has 2 heterocycles. The smallest absolute Gasteiger partial charge is 0.238 e. The van der Waals surface area contributed by atoms with Gasteiger partial charge in [-0.25, -0.2) is 10.9 Å². The summed E-state index contributed by atoms with van der Waals surface area (Å²) in [6.45, 7) is 1.18. The van der Waals surface area contributed by atoms with Crippen LogP contribution in [0.25, 0.3) is 0 Å². The SMILES string of the molecule is COc1cccc(C2CC(C(=O)NCC3OCCc4ccccc43)NN2)c1. The molecule has 0 saturated carbocycles. The second kappa shape index (κ2) is 8.08. The van der Waals surface area contributed by atoms with E-state index in [1.54, 1.807) is 7.11 Å². The highest BCUT2D eigenvalue weighted by Crippen LogP contribution is 2.27. The average Bonchev–Trinajstić information content (AvgIpc) is 3.22. The predicted molar refractivity (Wildman–Crippen MR) is 102 cm³/mol. The van der Waals surface area contributed by atoms with Gasteiger partial charge < -0.3 is 14.8 Å². The lowest BCUT2D eigenvalue weighted by Crippen LogP contribution is -2.44. The molecule has 3 atom stereocenters. The van der Waals surface area contributed by atoms with Gasteiger partial charge in [0.1, 0.15) is 17.9 Å². The summed E-state index contributed by atoms with van der Waals surface area (Å²) >= 11 is 0. The Morgan fingerprint density at radius 3 is 3.00 bits per heavy atom. The number of nitrogens with one attached hydrogen (secondary N) is 3. The quantitative estimate of drug-likeness (QED) is 0.754. The normalized spacial score (nSPS) is 24.3. The number of hydrazine groups is 1. The third-order valence-electron chi connectivity index (χ3n) is 5.27. The molecule has 0 spiro atoms. The molecular weight excluding hydrogens is 342 g/mol. The number of amides is 1. The topological polar surface area (TPSA) is 71.6 Å². The van der Waals surface area contributed by atoms with Crippen molar-refractivity contribution in [3.63, 3.8) is 0 Å². The number of rotatable bonds is 5. The third kappa shape index (κ3) is 3.98. The van der Waals surface area contributed by atoms with E-state index in [1.165, 1.54) is 11.1 Å². The van der Waals surface area contributed by atoms with Gasteiger partial charge >= 0.3 is 0 Å². The summed E-state index contributed by atoms with van der Waals surface area (Å²) in [5.41, 5.74) is 9.90. The first-order chi connectivity index (χ1) is 13.2. The van der Waals surface area contributed by atoms with E-state index in [2.05, 4.69) is 28.3 Å². The molecule has 2 aliphatic rings. The molecule has 1 saturated heterocycles. The fourth-order valence-corrected chi connectivity index (χ4v) is 3.77. The lowest BCUT2D eigenvalue weighted by molar-refractivity contribution is -0.123. The number of hydrogen-bond donors (Lipinski definition) is 3. The van der Waals surface area contributed by atoms with E-state index in [0.29, 0.717) is 19.6 Å². The van der Waals surface area contributed by atoms with E-state index >= 15 is 0 Å². The van der Waals surface area contributed by atoms with Crippen LogP contribution in [0.4, 0.5) is 0 Å². The molecule has 6 nitrogen and oxygen atoms in total. The van der Waals surface area contributed by atoms with Crippen molar-refractivity contribution in [2.75, 3.05) is 20.3 Å². The summed E-state index contributed by atoms with van der Waals surface area (Å²) in [6, 6.07) is 16.0. The standard InChI is InChI=1S/C21H25N3O3/c1-26-16-7-4-6-15(11-16)18-12-19(24-23-18)21(25)22-13-20-17-8-3-2-5-14(17)9-10-27-20/h2-8,11,18-20,23-24H,9-10,12-13H2,1H3,(H,22,25). The Labute approximate surface area is 159 Å². The van der Waals surface area contributed by atoms with E-state index < -0.39 is 0 Å². The summed E-state index contributed by atoms with van der Waals surface area (Å²) in [5.74, 6) is 0.801. The lowest BCUT2D eigenvalue weighted by Gasteiger charge is -2.26. The molecule has 142 valence electrons. The molecule has 0 aliphatic carbocycles. The van der Waals surface area contributed by atoms with Gasteiger partial charge in [0, 0.05) is 12.6 Å². The molecule has 3 unspecified atom stereocenters. The van der Waals surface area contributed by atoms with E-state index in [9.17, 15) is 4.79 Å². The molecule has 1 amide bonds. The van der Waals surface area contributed by atoms with Crippen LogP contribution < -0.4 is 20.9 Å². The van der Waals surface area contributed by atoms with Gasteiger partial charge in [-0.1, -0.05) is 36.4 Å². The number of methoxy groups -OCH3 is 1. The number of hydrogen-bond acceptors (Lipinski definition) is 5. The van der Waals surface area contributed by atoms with Crippen molar-refractivity contribution in [2.45, 2.75) is 31.0 Å². The van der Waals surface area contributed by atoms with Gasteiger partial charge in [0.15, 0.2) is 0 Å². The van der Waals surface area contributed by atoms with Gasteiger partial charge in [-0.2, -0.15) is 0 Å². The van der Waals surface area contributed by atoms with E-state index in [-0.39, 0.29) is 24.1 Å². The summed E-state index contributed by atoms with van der Waals surface area (Å²) in [7, 11) is 1.65. The summed E-state index contributed by atoms with van der Waals surface area (Å²) in [6.07, 6.45) is 1.53. The molecule has 0 bridgehead atoms. The van der Waals surface area contributed by atoms with Crippen LogP contribution in [-0.4, -0.2) is 32.2 Å². The van der Waals surface area contributed by atoms with Crippen molar-refractivity contribution in [2.24, 2.45) is 0 Å². The van der Waals surface area contributed by atoms with Gasteiger partial charge in [0.2, 0.25) is 5.91 Å². The number of fused-ring (bicyclic) bond motifs is 1. The monoisotopic (exact) mass is 367 g/mol. The largest absolute Gasteiger partial charge is 0.497 e. The Balaban J connectivity index is 1.33. The Kier molecular flexibility index (Phi) is 5.38. The van der Waals surface area contributed by atoms with Crippen molar-refractivity contribution in [3.05, 3.63) is 65.2 Å². The minimum Gasteiger partial charge on any atom is -0.497 e. The molecule has 0 radical (unpaired) electrons. The van der Waals surface area contributed by atoms with Crippen LogP contribution in [0.15, 0.2) is 48.5 Å². The van der Waals surface area contributed by atoms with Crippen molar-refractivity contribution < 1.29 is 14.3 Å². The van der Waals surface area contributed by atoms with Crippen molar-refractivity contribution >= 4 is 5.91 Å². The predicted octanol–water partition coefficient (Wildman–Crippen LogP) is 2.03. The molecule has 6 heteroatoms. The minimum atomic E-state index is -0.278. The minimum absolute atomic E-state index is 0.0143. The van der Waals surface area contributed by atoms with Gasteiger partial charge in [0.25, 0.3) is 0 Å². The van der Waals surface area contributed by atoms with Crippen molar-refractivity contribution in [3.8, 4) is 5.75 Å². The average molecular weight is 367 g/mol. The Morgan fingerprint density at radius 1 is 1.22 bits per heavy atom. The fourth-order valence-electron chi connectivity index (χ4n) is 3.77. The third-order valence-corrected chi connectivity index (χ3v) is 5.27. The van der Waals surface area contributed by atoms with Crippen LogP contribution in [0.1, 0.15) is 35.3 Å². The first-order valence-electron chi connectivity index (χ1n) is 9.36. The maximum Gasteiger partial charge on any atom is 0.238 e. The highest BCUT2D eigenvalue weighted by molar-refractivity contribution is 5.82. The van der Waals surface area contributed by atoms with Crippen LogP contribution in [0.3, 0.4) is 0 Å². The van der Waals surface area contributed by atoms with Gasteiger partial charge in [-0.05, 0) is 41.7 Å². The lowest BCUT2D eigenvalue weighted by atomic mass is 9.97. The molecule has 4 rings (SSSR count). The van der Waals surface area contributed by atoms with E-state index in [4.69, 9.17) is 9.47 Å². The molecule has 2 aromatic rings. The molecule has 0 aromatic heterocycles. The van der Waals surface area contributed by atoms with Gasteiger partial charge in [-0.3, -0.25) is 4.79 Å². The zero-order valence-corrected chi connectivity index (χ0v) is 15.4. The second-order valence-corrected chi connectivity index (χ2v) is 6.96. The maximum atomic E-state index is 12.6. The molecule has 27 heavy (non-hydrogen) atoms. The Morgan fingerprint density at radius 2 is 2.11 bits per heavy atom. The van der Waals surface area contributed by atoms with Crippen LogP contribution in [0.2, 0.25) is 0 Å². The molecule has 2 aliphatic heterocycles. The zero-order valence-electron chi connectivity index (χ0n) is 15.4. The van der Waals surface area contributed by atoms with Gasteiger partial charge in [0.05, 0.1) is 13.7 Å². The number of ether oxygens (including phenoxy) is 2. The highest BCUT2D eigenvalue weighted by Gasteiger charge is 2.31. The Bertz CT molecular complexity index is 811. The van der Waals surface area contributed by atoms with Crippen LogP contribution >= 0.6 is 0 Å². The van der Waals surface area contributed by atoms with Crippen LogP contribution in [-0.2, 0) is 16.0 Å². The summed E-state index contributed by atoms with van der Waals surface area (Å²) < 4.78 is 11.2. The molecule has 1 fully saturated rings. The summed E-state index contributed by atoms with van der Waals surface area (Å²) in [4.78, 5) is 12.6. The number of carbonyl (C=O) groups excluding carboxylic acids is 1. The first kappa shape index (κ1) is 18.0. The van der Waals surface area contributed by atoms with Crippen molar-refractivity contribution in [1.29, 1.82) is 0 Å².